The number of aromatic nitrogens is 1. The molecule has 2 aliphatic heterocycles. The number of fused-ring (bicyclic) bond motifs is 1. The topological polar surface area (TPSA) is 74.3 Å². The second-order valence-electron chi connectivity index (χ2n) is 7.96. The average molecular weight is 387 g/mol. The summed E-state index contributed by atoms with van der Waals surface area (Å²) in [5.74, 6) is 0.123. The molecule has 0 spiro atoms. The van der Waals surface area contributed by atoms with Gasteiger partial charge in [0, 0.05) is 32.1 Å². The highest BCUT2D eigenvalue weighted by molar-refractivity contribution is 7.22. The van der Waals surface area contributed by atoms with Crippen LogP contribution in [0.1, 0.15) is 33.1 Å². The first-order valence-corrected chi connectivity index (χ1v) is 10.5. The number of hydrogen-bond donors (Lipinski definition) is 2. The number of thiazole rings is 1. The molecular weight excluding hydrogens is 360 g/mol. The molecule has 2 amide bonds. The summed E-state index contributed by atoms with van der Waals surface area (Å²) in [5, 5.41) is 7.12. The van der Waals surface area contributed by atoms with E-state index in [0.29, 0.717) is 13.0 Å². The Bertz CT molecular complexity index is 824. The highest BCUT2D eigenvalue weighted by atomic mass is 32.1. The van der Waals surface area contributed by atoms with E-state index in [-0.39, 0.29) is 23.8 Å². The fourth-order valence-corrected chi connectivity index (χ4v) is 5.06. The Balaban J connectivity index is 1.37. The molecule has 0 saturated carbocycles. The van der Waals surface area contributed by atoms with E-state index < -0.39 is 5.41 Å². The monoisotopic (exact) mass is 386 g/mol. The number of benzene rings is 1. The van der Waals surface area contributed by atoms with E-state index in [1.165, 1.54) is 4.70 Å². The largest absolute Gasteiger partial charge is 0.355 e. The summed E-state index contributed by atoms with van der Waals surface area (Å²) in [6, 6.07) is 8.37. The van der Waals surface area contributed by atoms with Crippen LogP contribution in [-0.2, 0) is 9.59 Å². The zero-order chi connectivity index (χ0) is 19.0. The summed E-state index contributed by atoms with van der Waals surface area (Å²) in [6.45, 7) is 6.26. The van der Waals surface area contributed by atoms with E-state index >= 15 is 0 Å². The number of para-hydroxylation sites is 1. The first-order chi connectivity index (χ1) is 13.0. The third kappa shape index (κ3) is 3.40. The molecule has 7 heteroatoms. The van der Waals surface area contributed by atoms with Crippen molar-refractivity contribution in [1.29, 1.82) is 0 Å². The van der Waals surface area contributed by atoms with Crippen molar-refractivity contribution >= 4 is 38.5 Å². The first-order valence-electron chi connectivity index (χ1n) is 9.66. The second-order valence-corrected chi connectivity index (χ2v) is 8.97. The summed E-state index contributed by atoms with van der Waals surface area (Å²) in [7, 11) is 0. The van der Waals surface area contributed by atoms with Gasteiger partial charge in [0.1, 0.15) is 0 Å². The quantitative estimate of drug-likeness (QED) is 0.847. The van der Waals surface area contributed by atoms with Gasteiger partial charge in [-0.05, 0) is 30.9 Å². The van der Waals surface area contributed by atoms with Crippen molar-refractivity contribution in [3.05, 3.63) is 24.3 Å². The zero-order valence-corrected chi connectivity index (χ0v) is 16.6. The van der Waals surface area contributed by atoms with Crippen LogP contribution in [-0.4, -0.2) is 42.5 Å². The predicted octanol–water partition coefficient (Wildman–Crippen LogP) is 2.54. The molecule has 4 rings (SSSR count). The van der Waals surface area contributed by atoms with E-state index in [9.17, 15) is 9.59 Å². The lowest BCUT2D eigenvalue weighted by atomic mass is 9.75. The molecule has 2 aliphatic rings. The molecule has 6 nitrogen and oxygen atoms in total. The molecule has 2 fully saturated rings. The molecule has 2 aromatic rings. The molecule has 27 heavy (non-hydrogen) atoms. The standard InChI is InChI=1S/C20H26N4O2S/c1-13(2)20(11-17(25)21-12-20)18(26)22-14-7-9-24(10-8-14)19-23-15-5-3-4-6-16(15)27-19/h3-6,13-14H,7-12H2,1-2H3,(H,21,25)(H,22,26). The first kappa shape index (κ1) is 18.2. The smallest absolute Gasteiger partial charge is 0.229 e. The minimum absolute atomic E-state index is 0.0225. The van der Waals surface area contributed by atoms with Crippen LogP contribution in [0.4, 0.5) is 5.13 Å². The maximum atomic E-state index is 13.0. The SMILES string of the molecule is CC(C)C1(C(=O)NC2CCN(c3nc4ccccc4s3)CC2)CNC(=O)C1. The van der Waals surface area contributed by atoms with Gasteiger partial charge < -0.3 is 15.5 Å². The molecule has 1 aromatic heterocycles. The van der Waals surface area contributed by atoms with Crippen molar-refractivity contribution < 1.29 is 9.59 Å². The highest BCUT2D eigenvalue weighted by Crippen LogP contribution is 2.36. The summed E-state index contributed by atoms with van der Waals surface area (Å²) in [4.78, 5) is 31.7. The number of amides is 2. The summed E-state index contributed by atoms with van der Waals surface area (Å²) >= 11 is 1.72. The molecule has 3 heterocycles. The van der Waals surface area contributed by atoms with Crippen molar-refractivity contribution in [2.75, 3.05) is 24.5 Å². The number of rotatable bonds is 4. The zero-order valence-electron chi connectivity index (χ0n) is 15.8. The minimum Gasteiger partial charge on any atom is -0.355 e. The molecule has 0 bridgehead atoms. The van der Waals surface area contributed by atoms with E-state index in [0.717, 1.165) is 36.6 Å². The van der Waals surface area contributed by atoms with Gasteiger partial charge in [0.05, 0.1) is 15.6 Å². The van der Waals surface area contributed by atoms with E-state index in [2.05, 4.69) is 21.6 Å². The molecule has 1 unspecified atom stereocenters. The van der Waals surface area contributed by atoms with Gasteiger partial charge in [-0.1, -0.05) is 37.3 Å². The molecule has 2 saturated heterocycles. The number of hydrogen-bond acceptors (Lipinski definition) is 5. The fourth-order valence-electron chi connectivity index (χ4n) is 4.04. The number of piperidine rings is 1. The van der Waals surface area contributed by atoms with Gasteiger partial charge in [-0.15, -0.1) is 0 Å². The van der Waals surface area contributed by atoms with Crippen molar-refractivity contribution in [3.63, 3.8) is 0 Å². The van der Waals surface area contributed by atoms with Crippen LogP contribution in [0.2, 0.25) is 0 Å². The Morgan fingerprint density at radius 1 is 1.33 bits per heavy atom. The van der Waals surface area contributed by atoms with Gasteiger partial charge in [0.25, 0.3) is 0 Å². The lowest BCUT2D eigenvalue weighted by molar-refractivity contribution is -0.135. The third-order valence-corrected chi connectivity index (χ3v) is 7.11. The molecule has 1 aromatic carbocycles. The van der Waals surface area contributed by atoms with Gasteiger partial charge >= 0.3 is 0 Å². The summed E-state index contributed by atoms with van der Waals surface area (Å²) < 4.78 is 1.21. The normalized spacial score (nSPS) is 23.8. The van der Waals surface area contributed by atoms with Crippen LogP contribution < -0.4 is 15.5 Å². The minimum atomic E-state index is -0.610. The lowest BCUT2D eigenvalue weighted by Gasteiger charge is -2.36. The van der Waals surface area contributed by atoms with Crippen LogP contribution in [0.25, 0.3) is 10.2 Å². The van der Waals surface area contributed by atoms with Gasteiger partial charge in [-0.3, -0.25) is 9.59 Å². The molecule has 144 valence electrons. The number of carbonyl (C=O) groups excluding carboxylic acids is 2. The van der Waals surface area contributed by atoms with Crippen LogP contribution in [0.15, 0.2) is 24.3 Å². The van der Waals surface area contributed by atoms with Crippen LogP contribution in [0.3, 0.4) is 0 Å². The highest BCUT2D eigenvalue weighted by Gasteiger charge is 2.48. The number of carbonyl (C=O) groups is 2. The summed E-state index contributed by atoms with van der Waals surface area (Å²) in [5.41, 5.74) is 0.437. The van der Waals surface area contributed by atoms with Crippen LogP contribution in [0.5, 0.6) is 0 Å². The number of nitrogens with zero attached hydrogens (tertiary/aromatic N) is 2. The Morgan fingerprint density at radius 2 is 2.07 bits per heavy atom. The van der Waals surface area contributed by atoms with Gasteiger partial charge in [-0.25, -0.2) is 4.98 Å². The second kappa shape index (κ2) is 7.11. The fraction of sp³-hybridized carbons (Fsp3) is 0.550. The molecule has 0 aliphatic carbocycles. The number of nitrogens with one attached hydrogen (secondary N) is 2. The Kier molecular flexibility index (Phi) is 4.80. The predicted molar refractivity (Wildman–Crippen MR) is 108 cm³/mol. The number of anilines is 1. The van der Waals surface area contributed by atoms with E-state index in [1.54, 1.807) is 11.3 Å². The van der Waals surface area contributed by atoms with Crippen molar-refractivity contribution in [2.45, 2.75) is 39.2 Å². The van der Waals surface area contributed by atoms with Gasteiger partial charge in [0.2, 0.25) is 11.8 Å². The third-order valence-electron chi connectivity index (χ3n) is 6.02. The maximum Gasteiger partial charge on any atom is 0.229 e. The lowest BCUT2D eigenvalue weighted by Crippen LogP contribution is -2.52. The molecule has 0 radical (unpaired) electrons. The Labute approximate surface area is 163 Å². The Morgan fingerprint density at radius 3 is 2.70 bits per heavy atom. The van der Waals surface area contributed by atoms with Gasteiger partial charge in [0.15, 0.2) is 5.13 Å². The molecule has 2 N–H and O–H groups in total. The van der Waals surface area contributed by atoms with E-state index in [4.69, 9.17) is 4.98 Å². The molecular formula is C20H26N4O2S. The van der Waals surface area contributed by atoms with Gasteiger partial charge in [-0.2, -0.15) is 0 Å². The summed E-state index contributed by atoms with van der Waals surface area (Å²) in [6.07, 6.45) is 2.09. The van der Waals surface area contributed by atoms with Crippen LogP contribution >= 0.6 is 11.3 Å². The Hall–Kier alpha value is -2.15. The van der Waals surface area contributed by atoms with Crippen LogP contribution in [0, 0.1) is 11.3 Å². The molecule has 1 atom stereocenters. The maximum absolute atomic E-state index is 13.0. The van der Waals surface area contributed by atoms with E-state index in [1.807, 2.05) is 32.0 Å². The van der Waals surface area contributed by atoms with Crippen molar-refractivity contribution in [2.24, 2.45) is 11.3 Å². The van der Waals surface area contributed by atoms with Crippen molar-refractivity contribution in [1.82, 2.24) is 15.6 Å². The van der Waals surface area contributed by atoms with Crippen molar-refractivity contribution in [3.8, 4) is 0 Å². The average Bonchev–Trinajstić information content (AvgIpc) is 3.26.